The zero-order valence-electron chi connectivity index (χ0n) is 14.1. The van der Waals surface area contributed by atoms with Crippen molar-refractivity contribution in [3.05, 3.63) is 48.2 Å². The van der Waals surface area contributed by atoms with E-state index in [2.05, 4.69) is 39.8 Å². The van der Waals surface area contributed by atoms with Gasteiger partial charge in [0.25, 0.3) is 5.91 Å². The maximum absolute atomic E-state index is 12.2. The predicted octanol–water partition coefficient (Wildman–Crippen LogP) is 2.62. The minimum absolute atomic E-state index is 0.257. The van der Waals surface area contributed by atoms with Crippen LogP contribution >= 0.6 is 0 Å². The number of nitrogens with zero attached hydrogens (tertiary/aromatic N) is 3. The summed E-state index contributed by atoms with van der Waals surface area (Å²) < 4.78 is 0. The van der Waals surface area contributed by atoms with Gasteiger partial charge in [-0.15, -0.1) is 10.2 Å². The van der Waals surface area contributed by atoms with Crippen LogP contribution in [0.25, 0.3) is 0 Å². The summed E-state index contributed by atoms with van der Waals surface area (Å²) >= 11 is 0. The standard InChI is InChI=1S/C18H23N5O/c1-23(2)16-10-6-9-14(16)20-17-12-11-15(21-22-17)18(24)19-13-7-4-3-5-8-13/h3-5,7-8,11-12,14,16H,6,9-10H2,1-2H3,(H,19,24)(H,20,22)/t14-,16-/m1/s1. The zero-order valence-corrected chi connectivity index (χ0v) is 14.1. The number of carbonyl (C=O) groups excluding carboxylic acids is 1. The van der Waals surface area contributed by atoms with Crippen molar-refractivity contribution in [3.8, 4) is 0 Å². The number of amides is 1. The molecule has 2 N–H and O–H groups in total. The number of hydrogen-bond donors (Lipinski definition) is 2. The molecule has 3 rings (SSSR count). The minimum Gasteiger partial charge on any atom is -0.364 e. The van der Waals surface area contributed by atoms with Gasteiger partial charge in [-0.1, -0.05) is 18.2 Å². The summed E-state index contributed by atoms with van der Waals surface area (Å²) in [5, 5.41) is 14.5. The van der Waals surface area contributed by atoms with Crippen LogP contribution < -0.4 is 10.6 Å². The topological polar surface area (TPSA) is 70.2 Å². The molecular formula is C18H23N5O. The lowest BCUT2D eigenvalue weighted by atomic mass is 10.1. The summed E-state index contributed by atoms with van der Waals surface area (Å²) in [6.45, 7) is 0. The maximum Gasteiger partial charge on any atom is 0.276 e. The van der Waals surface area contributed by atoms with Crippen LogP contribution in [-0.2, 0) is 0 Å². The molecule has 1 heterocycles. The van der Waals surface area contributed by atoms with Gasteiger partial charge in [-0.25, -0.2) is 0 Å². The molecule has 6 heteroatoms. The largest absolute Gasteiger partial charge is 0.364 e. The second-order valence-electron chi connectivity index (χ2n) is 6.34. The first-order valence-electron chi connectivity index (χ1n) is 8.26. The highest BCUT2D eigenvalue weighted by Gasteiger charge is 2.28. The van der Waals surface area contributed by atoms with E-state index in [4.69, 9.17) is 0 Å². The summed E-state index contributed by atoms with van der Waals surface area (Å²) in [6.07, 6.45) is 3.53. The van der Waals surface area contributed by atoms with Crippen molar-refractivity contribution in [1.82, 2.24) is 15.1 Å². The van der Waals surface area contributed by atoms with Gasteiger partial charge in [0.05, 0.1) is 0 Å². The van der Waals surface area contributed by atoms with Crippen LogP contribution in [0.5, 0.6) is 0 Å². The van der Waals surface area contributed by atoms with E-state index in [0.29, 0.717) is 23.6 Å². The fourth-order valence-electron chi connectivity index (χ4n) is 3.16. The van der Waals surface area contributed by atoms with Gasteiger partial charge in [-0.05, 0) is 57.6 Å². The van der Waals surface area contributed by atoms with Crippen molar-refractivity contribution in [3.63, 3.8) is 0 Å². The zero-order chi connectivity index (χ0) is 16.9. The molecule has 1 aromatic carbocycles. The quantitative estimate of drug-likeness (QED) is 0.884. The maximum atomic E-state index is 12.2. The smallest absolute Gasteiger partial charge is 0.276 e. The molecular weight excluding hydrogens is 302 g/mol. The molecule has 24 heavy (non-hydrogen) atoms. The lowest BCUT2D eigenvalue weighted by molar-refractivity contribution is 0.102. The normalized spacial score (nSPS) is 20.1. The fraction of sp³-hybridized carbons (Fsp3) is 0.389. The average Bonchev–Trinajstić information content (AvgIpc) is 3.05. The number of rotatable bonds is 5. The van der Waals surface area contributed by atoms with Crippen molar-refractivity contribution in [2.24, 2.45) is 0 Å². The first-order chi connectivity index (χ1) is 11.6. The van der Waals surface area contributed by atoms with Crippen molar-refractivity contribution in [2.75, 3.05) is 24.7 Å². The van der Waals surface area contributed by atoms with Gasteiger partial charge in [0.2, 0.25) is 0 Å². The molecule has 1 saturated carbocycles. The van der Waals surface area contributed by atoms with Crippen molar-refractivity contribution in [1.29, 1.82) is 0 Å². The monoisotopic (exact) mass is 325 g/mol. The van der Waals surface area contributed by atoms with Crippen LogP contribution in [0.1, 0.15) is 29.8 Å². The van der Waals surface area contributed by atoms with E-state index in [-0.39, 0.29) is 5.91 Å². The third-order valence-corrected chi connectivity index (χ3v) is 4.40. The van der Waals surface area contributed by atoms with Crippen LogP contribution in [0.2, 0.25) is 0 Å². The van der Waals surface area contributed by atoms with Crippen LogP contribution in [-0.4, -0.2) is 47.2 Å². The molecule has 126 valence electrons. The molecule has 1 fully saturated rings. The molecule has 0 radical (unpaired) electrons. The Morgan fingerprint density at radius 3 is 2.54 bits per heavy atom. The second kappa shape index (κ2) is 7.40. The molecule has 2 aromatic rings. The first kappa shape index (κ1) is 16.4. The molecule has 0 unspecified atom stereocenters. The van der Waals surface area contributed by atoms with E-state index in [1.54, 1.807) is 6.07 Å². The Bertz CT molecular complexity index is 672. The number of carbonyl (C=O) groups is 1. The Morgan fingerprint density at radius 1 is 1.08 bits per heavy atom. The molecule has 1 aliphatic rings. The summed E-state index contributed by atoms with van der Waals surface area (Å²) in [5.41, 5.74) is 1.05. The Morgan fingerprint density at radius 2 is 1.88 bits per heavy atom. The van der Waals surface area contributed by atoms with Gasteiger partial charge in [0.15, 0.2) is 5.69 Å². The summed E-state index contributed by atoms with van der Waals surface area (Å²) in [5.74, 6) is 0.456. The molecule has 1 amide bonds. The lowest BCUT2D eigenvalue weighted by Crippen LogP contribution is -2.39. The Balaban J connectivity index is 1.62. The average molecular weight is 325 g/mol. The first-order valence-corrected chi connectivity index (χ1v) is 8.26. The van der Waals surface area contributed by atoms with Crippen molar-refractivity contribution >= 4 is 17.4 Å². The lowest BCUT2D eigenvalue weighted by Gasteiger charge is -2.27. The summed E-state index contributed by atoms with van der Waals surface area (Å²) in [4.78, 5) is 14.4. The molecule has 1 aromatic heterocycles. The van der Waals surface area contributed by atoms with E-state index in [9.17, 15) is 4.79 Å². The Hall–Kier alpha value is -2.47. The number of anilines is 2. The number of benzene rings is 1. The molecule has 0 saturated heterocycles. The molecule has 0 spiro atoms. The minimum atomic E-state index is -0.257. The Labute approximate surface area is 142 Å². The molecule has 0 bridgehead atoms. The van der Waals surface area contributed by atoms with Crippen LogP contribution in [0.3, 0.4) is 0 Å². The number of para-hydroxylation sites is 1. The SMILES string of the molecule is CN(C)[C@@H]1CCC[C@H]1Nc1ccc(C(=O)Nc2ccccc2)nn1. The molecule has 6 nitrogen and oxygen atoms in total. The van der Waals surface area contributed by atoms with E-state index in [1.807, 2.05) is 36.4 Å². The predicted molar refractivity (Wildman–Crippen MR) is 95.2 cm³/mol. The molecule has 0 aliphatic heterocycles. The fourth-order valence-corrected chi connectivity index (χ4v) is 3.16. The molecule has 1 aliphatic carbocycles. The highest BCUT2D eigenvalue weighted by atomic mass is 16.1. The summed E-state index contributed by atoms with van der Waals surface area (Å²) in [6, 6.07) is 13.7. The van der Waals surface area contributed by atoms with Crippen molar-refractivity contribution in [2.45, 2.75) is 31.3 Å². The van der Waals surface area contributed by atoms with Gasteiger partial charge >= 0.3 is 0 Å². The van der Waals surface area contributed by atoms with Gasteiger partial charge in [-0.3, -0.25) is 4.79 Å². The Kier molecular flexibility index (Phi) is 5.05. The third-order valence-electron chi connectivity index (χ3n) is 4.40. The third kappa shape index (κ3) is 3.89. The van der Waals surface area contributed by atoms with E-state index < -0.39 is 0 Å². The van der Waals surface area contributed by atoms with Crippen LogP contribution in [0.4, 0.5) is 11.5 Å². The van der Waals surface area contributed by atoms with Gasteiger partial charge in [-0.2, -0.15) is 0 Å². The van der Waals surface area contributed by atoms with Gasteiger partial charge in [0.1, 0.15) is 5.82 Å². The van der Waals surface area contributed by atoms with Crippen molar-refractivity contribution < 1.29 is 4.79 Å². The number of aromatic nitrogens is 2. The number of hydrogen-bond acceptors (Lipinski definition) is 5. The van der Waals surface area contributed by atoms with E-state index in [1.165, 1.54) is 12.8 Å². The van der Waals surface area contributed by atoms with Crippen LogP contribution in [0.15, 0.2) is 42.5 Å². The number of likely N-dealkylation sites (N-methyl/N-ethyl adjacent to an activating group) is 1. The molecule has 2 atom stereocenters. The van der Waals surface area contributed by atoms with E-state index in [0.717, 1.165) is 12.1 Å². The highest BCUT2D eigenvalue weighted by Crippen LogP contribution is 2.25. The second-order valence-corrected chi connectivity index (χ2v) is 6.34. The number of nitrogens with one attached hydrogen (secondary N) is 2. The highest BCUT2D eigenvalue weighted by molar-refractivity contribution is 6.02. The van der Waals surface area contributed by atoms with Crippen LogP contribution in [0, 0.1) is 0 Å². The summed E-state index contributed by atoms with van der Waals surface area (Å²) in [7, 11) is 4.21. The van der Waals surface area contributed by atoms with E-state index >= 15 is 0 Å². The van der Waals surface area contributed by atoms with Gasteiger partial charge in [0, 0.05) is 17.8 Å². The van der Waals surface area contributed by atoms with Gasteiger partial charge < -0.3 is 15.5 Å².